The molecular formula is C21H22N2O4S. The van der Waals surface area contributed by atoms with Crippen molar-refractivity contribution in [1.29, 1.82) is 0 Å². The topological polar surface area (TPSA) is 77.0 Å². The minimum atomic E-state index is -3.76. The number of ether oxygens (including phenoxy) is 2. The first-order valence-electron chi connectivity index (χ1n) is 8.88. The average molecular weight is 398 g/mol. The van der Waals surface area contributed by atoms with Gasteiger partial charge in [0.25, 0.3) is 10.0 Å². The van der Waals surface area contributed by atoms with Crippen LogP contribution in [0.1, 0.15) is 18.9 Å². The Bertz CT molecular complexity index is 1090. The normalized spacial score (nSPS) is 11.6. The van der Waals surface area contributed by atoms with Gasteiger partial charge in [-0.05, 0) is 53.1 Å². The molecule has 0 aromatic heterocycles. The van der Waals surface area contributed by atoms with Crippen molar-refractivity contribution in [3.8, 4) is 11.5 Å². The van der Waals surface area contributed by atoms with Gasteiger partial charge in [0.1, 0.15) is 0 Å². The van der Waals surface area contributed by atoms with E-state index >= 15 is 0 Å². The predicted octanol–water partition coefficient (Wildman–Crippen LogP) is 3.95. The molecule has 0 aliphatic carbocycles. The van der Waals surface area contributed by atoms with Crippen LogP contribution in [0, 0.1) is 0 Å². The van der Waals surface area contributed by atoms with Crippen LogP contribution >= 0.6 is 0 Å². The summed E-state index contributed by atoms with van der Waals surface area (Å²) in [4.78, 5) is 2.40. The largest absolute Gasteiger partial charge is 0.493 e. The summed E-state index contributed by atoms with van der Waals surface area (Å²) in [5.41, 5.74) is 0.682. The Morgan fingerprint density at radius 2 is 1.79 bits per heavy atom. The number of nitrogens with zero attached hydrogens (tertiary/aromatic N) is 1. The summed E-state index contributed by atoms with van der Waals surface area (Å²) in [6.07, 6.45) is 2.31. The third-order valence-electron chi connectivity index (χ3n) is 4.07. The molecule has 3 aromatic rings. The van der Waals surface area contributed by atoms with Gasteiger partial charge in [-0.1, -0.05) is 37.3 Å². The lowest BCUT2D eigenvalue weighted by molar-refractivity contribution is 0.294. The highest BCUT2D eigenvalue weighted by molar-refractivity contribution is 7.89. The number of fused-ring (bicyclic) bond motifs is 1. The summed E-state index contributed by atoms with van der Waals surface area (Å²) < 4.78 is 35.9. The zero-order chi connectivity index (χ0) is 20.0. The van der Waals surface area contributed by atoms with Crippen molar-refractivity contribution in [3.05, 3.63) is 66.2 Å². The molecule has 0 unspecified atom stereocenters. The predicted molar refractivity (Wildman–Crippen MR) is 111 cm³/mol. The lowest BCUT2D eigenvalue weighted by atomic mass is 10.1. The molecule has 3 aromatic carbocycles. The molecule has 0 heterocycles. The zero-order valence-electron chi connectivity index (χ0n) is 15.8. The van der Waals surface area contributed by atoms with Crippen molar-refractivity contribution in [2.75, 3.05) is 13.7 Å². The molecule has 0 saturated carbocycles. The van der Waals surface area contributed by atoms with Crippen molar-refractivity contribution < 1.29 is 17.9 Å². The standard InChI is InChI=1S/C21H22N2O4S/c1-3-12-27-20-11-8-16(13-21(20)26-2)15-22-23-28(24,25)19-10-9-17-6-4-5-7-18(17)14-19/h4-11,13-15,23H,3,12H2,1-2H3/b22-15-. The quantitative estimate of drug-likeness (QED) is 0.460. The van der Waals surface area contributed by atoms with Crippen LogP contribution < -0.4 is 14.3 Å². The van der Waals surface area contributed by atoms with Crippen LogP contribution in [0.25, 0.3) is 10.8 Å². The van der Waals surface area contributed by atoms with E-state index in [2.05, 4.69) is 9.93 Å². The summed E-state index contributed by atoms with van der Waals surface area (Å²) in [5, 5.41) is 5.70. The molecule has 146 valence electrons. The van der Waals surface area contributed by atoms with Gasteiger partial charge in [0.15, 0.2) is 11.5 Å². The molecule has 0 saturated heterocycles. The van der Waals surface area contributed by atoms with E-state index in [9.17, 15) is 8.42 Å². The van der Waals surface area contributed by atoms with Gasteiger partial charge >= 0.3 is 0 Å². The molecule has 0 radical (unpaired) electrons. The first-order valence-corrected chi connectivity index (χ1v) is 10.4. The minimum Gasteiger partial charge on any atom is -0.493 e. The fourth-order valence-corrected chi connectivity index (χ4v) is 3.48. The number of rotatable bonds is 8. The van der Waals surface area contributed by atoms with Gasteiger partial charge in [0, 0.05) is 0 Å². The molecule has 6 nitrogen and oxygen atoms in total. The van der Waals surface area contributed by atoms with Gasteiger partial charge in [-0.2, -0.15) is 13.5 Å². The van der Waals surface area contributed by atoms with Crippen molar-refractivity contribution in [2.45, 2.75) is 18.2 Å². The molecule has 0 atom stereocenters. The number of benzene rings is 3. The molecule has 0 amide bonds. The molecule has 0 fully saturated rings. The molecular weight excluding hydrogens is 376 g/mol. The van der Waals surface area contributed by atoms with Crippen LogP contribution in [0.2, 0.25) is 0 Å². The van der Waals surface area contributed by atoms with E-state index in [1.165, 1.54) is 6.21 Å². The van der Waals surface area contributed by atoms with Gasteiger partial charge < -0.3 is 9.47 Å². The van der Waals surface area contributed by atoms with E-state index in [4.69, 9.17) is 9.47 Å². The number of nitrogens with one attached hydrogen (secondary N) is 1. The van der Waals surface area contributed by atoms with Gasteiger partial charge in [-0.25, -0.2) is 4.83 Å². The van der Waals surface area contributed by atoms with Crippen LogP contribution in [0.3, 0.4) is 0 Å². The number of hydrazone groups is 1. The molecule has 0 aliphatic heterocycles. The first-order chi connectivity index (χ1) is 13.5. The smallest absolute Gasteiger partial charge is 0.276 e. The Morgan fingerprint density at radius 3 is 2.54 bits per heavy atom. The van der Waals surface area contributed by atoms with Crippen LogP contribution in [0.15, 0.2) is 70.7 Å². The summed E-state index contributed by atoms with van der Waals surface area (Å²) >= 11 is 0. The summed E-state index contributed by atoms with van der Waals surface area (Å²) in [6, 6.07) is 17.8. The fraction of sp³-hybridized carbons (Fsp3) is 0.190. The summed E-state index contributed by atoms with van der Waals surface area (Å²) in [6.45, 7) is 2.62. The van der Waals surface area contributed by atoms with E-state index in [1.807, 2.05) is 31.2 Å². The molecule has 0 aliphatic rings. The van der Waals surface area contributed by atoms with E-state index in [0.717, 1.165) is 17.2 Å². The molecule has 0 bridgehead atoms. The van der Waals surface area contributed by atoms with Gasteiger partial charge in [0.2, 0.25) is 0 Å². The SMILES string of the molecule is CCCOc1ccc(/C=N\NS(=O)(=O)c2ccc3ccccc3c2)cc1OC. The Balaban J connectivity index is 1.75. The van der Waals surface area contributed by atoms with Crippen molar-refractivity contribution >= 4 is 27.0 Å². The fourth-order valence-electron chi connectivity index (χ4n) is 2.65. The third-order valence-corrected chi connectivity index (χ3v) is 5.29. The van der Waals surface area contributed by atoms with Crippen molar-refractivity contribution in [2.24, 2.45) is 5.10 Å². The number of hydrogen-bond donors (Lipinski definition) is 1. The molecule has 1 N–H and O–H groups in total. The van der Waals surface area contributed by atoms with Crippen LogP contribution in [-0.4, -0.2) is 28.3 Å². The van der Waals surface area contributed by atoms with Gasteiger partial charge in [0.05, 0.1) is 24.8 Å². The van der Waals surface area contributed by atoms with Gasteiger partial charge in [-0.3, -0.25) is 0 Å². The second-order valence-electron chi connectivity index (χ2n) is 6.12. The number of sulfonamides is 1. The lowest BCUT2D eigenvalue weighted by Gasteiger charge is -2.10. The monoisotopic (exact) mass is 398 g/mol. The first kappa shape index (κ1) is 19.7. The van der Waals surface area contributed by atoms with E-state index < -0.39 is 10.0 Å². The van der Waals surface area contributed by atoms with E-state index in [-0.39, 0.29) is 4.90 Å². The Labute approximate surface area is 164 Å². The zero-order valence-corrected chi connectivity index (χ0v) is 16.6. The molecule has 0 spiro atoms. The van der Waals surface area contributed by atoms with Crippen molar-refractivity contribution in [1.82, 2.24) is 4.83 Å². The maximum atomic E-state index is 12.5. The minimum absolute atomic E-state index is 0.157. The summed E-state index contributed by atoms with van der Waals surface area (Å²) in [7, 11) is -2.21. The Kier molecular flexibility index (Phi) is 6.16. The average Bonchev–Trinajstić information content (AvgIpc) is 2.72. The highest BCUT2D eigenvalue weighted by Crippen LogP contribution is 2.27. The number of hydrogen-bond acceptors (Lipinski definition) is 5. The second kappa shape index (κ2) is 8.75. The van der Waals surface area contributed by atoms with Crippen LogP contribution in [0.4, 0.5) is 0 Å². The number of methoxy groups -OCH3 is 1. The highest BCUT2D eigenvalue weighted by Gasteiger charge is 2.13. The lowest BCUT2D eigenvalue weighted by Crippen LogP contribution is -2.18. The molecule has 3 rings (SSSR count). The maximum absolute atomic E-state index is 12.5. The maximum Gasteiger partial charge on any atom is 0.276 e. The second-order valence-corrected chi connectivity index (χ2v) is 7.78. The van der Waals surface area contributed by atoms with E-state index in [0.29, 0.717) is 23.7 Å². The van der Waals surface area contributed by atoms with Gasteiger partial charge in [-0.15, -0.1) is 0 Å². The third kappa shape index (κ3) is 4.61. The van der Waals surface area contributed by atoms with Crippen LogP contribution in [0.5, 0.6) is 11.5 Å². The molecule has 7 heteroatoms. The molecule has 28 heavy (non-hydrogen) atoms. The summed E-state index contributed by atoms with van der Waals surface area (Å²) in [5.74, 6) is 1.20. The Hall–Kier alpha value is -3.06. The highest BCUT2D eigenvalue weighted by atomic mass is 32.2. The van der Waals surface area contributed by atoms with E-state index in [1.54, 1.807) is 43.5 Å². The van der Waals surface area contributed by atoms with Crippen LogP contribution in [-0.2, 0) is 10.0 Å². The Morgan fingerprint density at radius 1 is 1.00 bits per heavy atom. The van der Waals surface area contributed by atoms with Crippen molar-refractivity contribution in [3.63, 3.8) is 0 Å².